The fourth-order valence-corrected chi connectivity index (χ4v) is 5.22. The summed E-state index contributed by atoms with van der Waals surface area (Å²) in [6, 6.07) is 17.4. The smallest absolute Gasteiger partial charge is 0.254 e. The third-order valence-corrected chi connectivity index (χ3v) is 6.78. The molecule has 0 unspecified atom stereocenters. The van der Waals surface area contributed by atoms with Crippen LogP contribution in [0.15, 0.2) is 54.6 Å². The summed E-state index contributed by atoms with van der Waals surface area (Å²) in [5, 5.41) is 12.9. The van der Waals surface area contributed by atoms with Gasteiger partial charge in [0.2, 0.25) is 5.91 Å². The second-order valence-corrected chi connectivity index (χ2v) is 9.19. The number of hydrogen-bond acceptors (Lipinski definition) is 3. The van der Waals surface area contributed by atoms with E-state index in [2.05, 4.69) is 5.32 Å². The van der Waals surface area contributed by atoms with Gasteiger partial charge in [-0.15, -0.1) is 0 Å². The minimum Gasteiger partial charge on any atom is -0.394 e. The average Bonchev–Trinajstić information content (AvgIpc) is 3.09. The van der Waals surface area contributed by atoms with Gasteiger partial charge in [-0.05, 0) is 41.9 Å². The molecule has 5 nitrogen and oxygen atoms in total. The summed E-state index contributed by atoms with van der Waals surface area (Å²) in [5.74, 6) is 0.0549. The Morgan fingerprint density at radius 1 is 1.03 bits per heavy atom. The lowest BCUT2D eigenvalue weighted by Gasteiger charge is -2.40. The van der Waals surface area contributed by atoms with Crippen LogP contribution >= 0.6 is 0 Å². The van der Waals surface area contributed by atoms with Crippen LogP contribution in [0.25, 0.3) is 0 Å². The summed E-state index contributed by atoms with van der Waals surface area (Å²) in [4.78, 5) is 27.9. The number of carbonyl (C=O) groups is 2. The first-order chi connectivity index (χ1) is 15.1. The third kappa shape index (κ3) is 5.16. The molecular formula is C26H32N2O3. The molecular weight excluding hydrogens is 388 g/mol. The number of hydrogen-bond donors (Lipinski definition) is 2. The summed E-state index contributed by atoms with van der Waals surface area (Å²) in [6.45, 7) is 1.16. The van der Waals surface area contributed by atoms with E-state index in [0.29, 0.717) is 25.9 Å². The van der Waals surface area contributed by atoms with Crippen LogP contribution in [0.2, 0.25) is 0 Å². The molecule has 1 fully saturated rings. The number of aliphatic hydroxyl groups is 1. The van der Waals surface area contributed by atoms with Gasteiger partial charge in [0, 0.05) is 25.1 Å². The van der Waals surface area contributed by atoms with E-state index in [9.17, 15) is 14.7 Å². The molecule has 0 aromatic heterocycles. The second-order valence-electron chi connectivity index (χ2n) is 9.19. The number of benzene rings is 2. The highest BCUT2D eigenvalue weighted by Crippen LogP contribution is 2.41. The Morgan fingerprint density at radius 2 is 1.74 bits per heavy atom. The normalized spacial score (nSPS) is 18.5. The van der Waals surface area contributed by atoms with Crippen LogP contribution in [0.4, 0.5) is 0 Å². The van der Waals surface area contributed by atoms with Crippen molar-refractivity contribution >= 4 is 11.8 Å². The van der Waals surface area contributed by atoms with E-state index in [1.165, 1.54) is 6.42 Å². The molecule has 2 aromatic carbocycles. The lowest BCUT2D eigenvalue weighted by atomic mass is 9.71. The van der Waals surface area contributed by atoms with Crippen molar-refractivity contribution in [2.24, 2.45) is 5.41 Å². The highest BCUT2D eigenvalue weighted by Gasteiger charge is 2.39. The highest BCUT2D eigenvalue weighted by atomic mass is 16.3. The minimum absolute atomic E-state index is 0.0268. The van der Waals surface area contributed by atoms with Crippen molar-refractivity contribution in [2.75, 3.05) is 13.2 Å². The van der Waals surface area contributed by atoms with Gasteiger partial charge in [0.1, 0.15) is 0 Å². The molecule has 2 N–H and O–H groups in total. The van der Waals surface area contributed by atoms with Crippen LogP contribution in [0.5, 0.6) is 0 Å². The topological polar surface area (TPSA) is 69.6 Å². The zero-order valence-electron chi connectivity index (χ0n) is 18.1. The molecule has 1 aliphatic carbocycles. The number of aliphatic hydroxyl groups excluding tert-OH is 1. The molecule has 2 aromatic rings. The van der Waals surface area contributed by atoms with E-state index in [1.807, 2.05) is 59.5 Å². The van der Waals surface area contributed by atoms with Crippen molar-refractivity contribution in [3.05, 3.63) is 71.3 Å². The number of nitrogens with zero attached hydrogens (tertiary/aromatic N) is 1. The first-order valence-electron chi connectivity index (χ1n) is 11.4. The fourth-order valence-electron chi connectivity index (χ4n) is 5.22. The molecule has 1 saturated carbocycles. The number of amides is 2. The summed E-state index contributed by atoms with van der Waals surface area (Å²) in [6.07, 6.45) is 6.30. The summed E-state index contributed by atoms with van der Waals surface area (Å²) < 4.78 is 0. The number of rotatable bonds is 8. The van der Waals surface area contributed by atoms with Crippen LogP contribution in [-0.4, -0.2) is 41.0 Å². The largest absolute Gasteiger partial charge is 0.394 e. The van der Waals surface area contributed by atoms with Crippen molar-refractivity contribution < 1.29 is 14.7 Å². The van der Waals surface area contributed by atoms with Crippen LogP contribution in [0, 0.1) is 5.41 Å². The monoisotopic (exact) mass is 420 g/mol. The summed E-state index contributed by atoms with van der Waals surface area (Å²) in [5.41, 5.74) is 2.77. The SMILES string of the molecule is O=C(CC1(CN2Cc3ccccc3C2=O)CCCCC1)N[C@H](CO)Cc1ccccc1. The lowest BCUT2D eigenvalue weighted by Crippen LogP contribution is -2.45. The number of fused-ring (bicyclic) bond motifs is 1. The van der Waals surface area contributed by atoms with Gasteiger partial charge in [0.05, 0.1) is 12.6 Å². The maximum Gasteiger partial charge on any atom is 0.254 e. The van der Waals surface area contributed by atoms with Gasteiger partial charge in [-0.3, -0.25) is 9.59 Å². The summed E-state index contributed by atoms with van der Waals surface area (Å²) >= 11 is 0. The van der Waals surface area contributed by atoms with Crippen molar-refractivity contribution in [2.45, 2.75) is 57.5 Å². The van der Waals surface area contributed by atoms with Crippen LogP contribution < -0.4 is 5.32 Å². The predicted molar refractivity (Wildman–Crippen MR) is 120 cm³/mol. The molecule has 1 atom stereocenters. The Bertz CT molecular complexity index is 906. The van der Waals surface area contributed by atoms with E-state index in [-0.39, 0.29) is 29.9 Å². The minimum atomic E-state index is -0.298. The van der Waals surface area contributed by atoms with Crippen LogP contribution in [0.3, 0.4) is 0 Å². The first-order valence-corrected chi connectivity index (χ1v) is 11.4. The summed E-state index contributed by atoms with van der Waals surface area (Å²) in [7, 11) is 0. The van der Waals surface area contributed by atoms with E-state index >= 15 is 0 Å². The fraction of sp³-hybridized carbons (Fsp3) is 0.462. The zero-order valence-corrected chi connectivity index (χ0v) is 18.1. The molecule has 1 aliphatic heterocycles. The predicted octanol–water partition coefficient (Wildman–Crippen LogP) is 3.70. The molecule has 0 bridgehead atoms. The Labute approximate surface area is 184 Å². The quantitative estimate of drug-likeness (QED) is 0.684. The molecule has 31 heavy (non-hydrogen) atoms. The maximum absolute atomic E-state index is 13.0. The molecule has 2 aliphatic rings. The van der Waals surface area contributed by atoms with Crippen LogP contribution in [0.1, 0.15) is 60.0 Å². The van der Waals surface area contributed by atoms with Crippen molar-refractivity contribution in [3.63, 3.8) is 0 Å². The van der Waals surface area contributed by atoms with Gasteiger partial charge >= 0.3 is 0 Å². The average molecular weight is 421 g/mol. The van der Waals surface area contributed by atoms with Crippen molar-refractivity contribution in [3.8, 4) is 0 Å². The molecule has 0 radical (unpaired) electrons. The Kier molecular flexibility index (Phi) is 6.71. The van der Waals surface area contributed by atoms with E-state index in [4.69, 9.17) is 0 Å². The van der Waals surface area contributed by atoms with Gasteiger partial charge < -0.3 is 15.3 Å². The molecule has 1 heterocycles. The lowest BCUT2D eigenvalue weighted by molar-refractivity contribution is -0.125. The molecule has 5 heteroatoms. The van der Waals surface area contributed by atoms with Gasteiger partial charge in [0.15, 0.2) is 0 Å². The van der Waals surface area contributed by atoms with Crippen LogP contribution in [-0.2, 0) is 17.8 Å². The Hall–Kier alpha value is -2.66. The van der Waals surface area contributed by atoms with E-state index < -0.39 is 0 Å². The van der Waals surface area contributed by atoms with Gasteiger partial charge in [0.25, 0.3) is 5.91 Å². The third-order valence-electron chi connectivity index (χ3n) is 6.78. The molecule has 4 rings (SSSR count). The van der Waals surface area contributed by atoms with Gasteiger partial charge in [-0.1, -0.05) is 67.8 Å². The number of carbonyl (C=O) groups excluding carboxylic acids is 2. The zero-order chi connectivity index (χ0) is 21.7. The van der Waals surface area contributed by atoms with Gasteiger partial charge in [-0.25, -0.2) is 0 Å². The number of nitrogens with one attached hydrogen (secondary N) is 1. The first kappa shape index (κ1) is 21.6. The Balaban J connectivity index is 1.41. The van der Waals surface area contributed by atoms with E-state index in [0.717, 1.165) is 42.4 Å². The maximum atomic E-state index is 13.0. The molecule has 164 valence electrons. The Morgan fingerprint density at radius 3 is 2.45 bits per heavy atom. The molecule has 0 spiro atoms. The van der Waals surface area contributed by atoms with E-state index in [1.54, 1.807) is 0 Å². The van der Waals surface area contributed by atoms with Gasteiger partial charge in [-0.2, -0.15) is 0 Å². The van der Waals surface area contributed by atoms with Crippen molar-refractivity contribution in [1.29, 1.82) is 0 Å². The second kappa shape index (κ2) is 9.65. The molecule has 0 saturated heterocycles. The highest BCUT2D eigenvalue weighted by molar-refractivity contribution is 5.98. The molecule has 2 amide bonds. The van der Waals surface area contributed by atoms with Crippen molar-refractivity contribution in [1.82, 2.24) is 10.2 Å². The standard InChI is InChI=1S/C26H32N2O3/c29-18-22(15-20-9-3-1-4-10-20)27-24(30)16-26(13-7-2-8-14-26)19-28-17-21-11-5-6-12-23(21)25(28)31/h1,3-6,9-12,22,29H,2,7-8,13-19H2,(H,27,30)/t22-/m0/s1.